The molecule has 1 saturated heterocycles. The van der Waals surface area contributed by atoms with Crippen LogP contribution in [0, 0.1) is 17.7 Å². The maximum atomic E-state index is 13.4. The number of halogens is 1. The average molecular weight is 291 g/mol. The number of aliphatic hydroxyl groups excluding tert-OH is 1. The number of amides is 1. The average Bonchev–Trinajstić information content (AvgIpc) is 2.97. The summed E-state index contributed by atoms with van der Waals surface area (Å²) in [5, 5.41) is 8.74. The summed E-state index contributed by atoms with van der Waals surface area (Å²) < 4.78 is 18.7. The van der Waals surface area contributed by atoms with Gasteiger partial charge in [0.15, 0.2) is 0 Å². The predicted octanol–water partition coefficient (Wildman–Crippen LogP) is 1.42. The quantitative estimate of drug-likeness (QED) is 0.857. The van der Waals surface area contributed by atoms with Crippen molar-refractivity contribution in [1.29, 1.82) is 0 Å². The highest BCUT2D eigenvalue weighted by Crippen LogP contribution is 2.18. The molecular weight excluding hydrogens is 273 g/mol. The molecule has 1 amide bonds. The van der Waals surface area contributed by atoms with Gasteiger partial charge in [0.05, 0.1) is 18.3 Å². The molecule has 0 aromatic heterocycles. The van der Waals surface area contributed by atoms with Gasteiger partial charge in [-0.25, -0.2) is 4.39 Å². The fourth-order valence-corrected chi connectivity index (χ4v) is 2.29. The molecule has 1 aliphatic rings. The van der Waals surface area contributed by atoms with E-state index in [4.69, 9.17) is 9.84 Å². The van der Waals surface area contributed by atoms with E-state index in [1.165, 1.54) is 18.2 Å². The summed E-state index contributed by atoms with van der Waals surface area (Å²) >= 11 is 0. The number of hydrogen-bond acceptors (Lipinski definition) is 3. The molecule has 1 fully saturated rings. The van der Waals surface area contributed by atoms with Gasteiger partial charge in [0.1, 0.15) is 5.82 Å². The van der Waals surface area contributed by atoms with Crippen LogP contribution in [0.15, 0.2) is 18.2 Å². The highest BCUT2D eigenvalue weighted by molar-refractivity contribution is 5.97. The van der Waals surface area contributed by atoms with Crippen molar-refractivity contribution in [3.8, 4) is 11.8 Å². The van der Waals surface area contributed by atoms with Gasteiger partial charge in [-0.2, -0.15) is 0 Å². The molecule has 0 radical (unpaired) electrons. The third kappa shape index (κ3) is 3.81. The highest BCUT2D eigenvalue weighted by Gasteiger charge is 2.28. The van der Waals surface area contributed by atoms with Crippen molar-refractivity contribution in [3.05, 3.63) is 35.1 Å². The summed E-state index contributed by atoms with van der Waals surface area (Å²) in [6.07, 6.45) is 1.13. The molecule has 4 nitrogen and oxygen atoms in total. The molecule has 1 N–H and O–H groups in total. The number of carbonyl (C=O) groups is 1. The van der Waals surface area contributed by atoms with Gasteiger partial charge in [-0.15, -0.1) is 0 Å². The second kappa shape index (κ2) is 7.21. The lowest BCUT2D eigenvalue weighted by atomic mass is 10.1. The normalized spacial score (nSPS) is 17.5. The molecule has 1 unspecified atom stereocenters. The molecular formula is C16H18FNO3. The standard InChI is InChI=1S/C16H18FNO3/c1-21-14-7-8-18(11-14)16(20)15-10-13(17)6-5-12(15)4-2-3-9-19/h5-6,10,14,19H,3,7-9,11H2,1H3. The molecule has 0 bridgehead atoms. The molecule has 0 aliphatic carbocycles. The van der Waals surface area contributed by atoms with Crippen LogP contribution < -0.4 is 0 Å². The van der Waals surface area contributed by atoms with Crippen molar-refractivity contribution in [2.75, 3.05) is 26.8 Å². The summed E-state index contributed by atoms with van der Waals surface area (Å²) in [7, 11) is 1.62. The Morgan fingerprint density at radius 2 is 2.38 bits per heavy atom. The fraction of sp³-hybridized carbons (Fsp3) is 0.438. The van der Waals surface area contributed by atoms with E-state index in [0.29, 0.717) is 25.1 Å². The van der Waals surface area contributed by atoms with Crippen molar-refractivity contribution in [1.82, 2.24) is 4.90 Å². The number of methoxy groups -OCH3 is 1. The zero-order valence-corrected chi connectivity index (χ0v) is 11.9. The van der Waals surface area contributed by atoms with Crippen LogP contribution in [0.25, 0.3) is 0 Å². The summed E-state index contributed by atoms with van der Waals surface area (Å²) in [6.45, 7) is 1.06. The molecule has 5 heteroatoms. The number of likely N-dealkylation sites (tertiary alicyclic amines) is 1. The zero-order chi connectivity index (χ0) is 15.2. The smallest absolute Gasteiger partial charge is 0.255 e. The molecule has 2 rings (SSSR count). The zero-order valence-electron chi connectivity index (χ0n) is 11.9. The Morgan fingerprint density at radius 1 is 1.57 bits per heavy atom. The predicted molar refractivity (Wildman–Crippen MR) is 76.3 cm³/mol. The molecule has 1 heterocycles. The number of benzene rings is 1. The molecule has 1 aliphatic heterocycles. The first kappa shape index (κ1) is 15.5. The van der Waals surface area contributed by atoms with Crippen molar-refractivity contribution in [3.63, 3.8) is 0 Å². The second-order valence-electron chi connectivity index (χ2n) is 4.86. The van der Waals surface area contributed by atoms with Crippen LogP contribution in [-0.2, 0) is 4.74 Å². The molecule has 0 saturated carbocycles. The van der Waals surface area contributed by atoms with Gasteiger partial charge in [0.2, 0.25) is 0 Å². The van der Waals surface area contributed by atoms with Gasteiger partial charge in [-0.1, -0.05) is 11.8 Å². The Bertz CT molecular complexity index is 577. The van der Waals surface area contributed by atoms with Gasteiger partial charge >= 0.3 is 0 Å². The number of hydrogen-bond donors (Lipinski definition) is 1. The van der Waals surface area contributed by atoms with E-state index >= 15 is 0 Å². The number of ether oxygens (including phenoxy) is 1. The van der Waals surface area contributed by atoms with E-state index in [1.807, 2.05) is 0 Å². The fourth-order valence-electron chi connectivity index (χ4n) is 2.29. The largest absolute Gasteiger partial charge is 0.395 e. The van der Waals surface area contributed by atoms with Crippen molar-refractivity contribution in [2.24, 2.45) is 0 Å². The lowest BCUT2D eigenvalue weighted by molar-refractivity contribution is 0.0723. The van der Waals surface area contributed by atoms with E-state index in [-0.39, 0.29) is 24.2 Å². The molecule has 1 atom stereocenters. The van der Waals surface area contributed by atoms with Crippen molar-refractivity contribution >= 4 is 5.91 Å². The first-order valence-corrected chi connectivity index (χ1v) is 6.87. The van der Waals surface area contributed by atoms with Crippen molar-refractivity contribution in [2.45, 2.75) is 18.9 Å². The number of nitrogens with zero attached hydrogens (tertiary/aromatic N) is 1. The Kier molecular flexibility index (Phi) is 5.32. The Balaban J connectivity index is 2.23. The molecule has 0 spiro atoms. The lowest BCUT2D eigenvalue weighted by Crippen LogP contribution is -2.30. The van der Waals surface area contributed by atoms with Crippen LogP contribution in [0.2, 0.25) is 0 Å². The monoisotopic (exact) mass is 291 g/mol. The first-order valence-electron chi connectivity index (χ1n) is 6.87. The van der Waals surface area contributed by atoms with Crippen LogP contribution >= 0.6 is 0 Å². The van der Waals surface area contributed by atoms with Gasteiger partial charge in [-0.3, -0.25) is 4.79 Å². The van der Waals surface area contributed by atoms with Crippen LogP contribution in [0.3, 0.4) is 0 Å². The van der Waals surface area contributed by atoms with E-state index < -0.39 is 5.82 Å². The minimum Gasteiger partial charge on any atom is -0.395 e. The maximum absolute atomic E-state index is 13.4. The van der Waals surface area contributed by atoms with Gasteiger partial charge < -0.3 is 14.7 Å². The van der Waals surface area contributed by atoms with Crippen LogP contribution in [0.1, 0.15) is 28.8 Å². The van der Waals surface area contributed by atoms with E-state index in [9.17, 15) is 9.18 Å². The molecule has 1 aromatic rings. The van der Waals surface area contributed by atoms with Crippen LogP contribution in [-0.4, -0.2) is 48.8 Å². The summed E-state index contributed by atoms with van der Waals surface area (Å²) in [5.41, 5.74) is 0.743. The van der Waals surface area contributed by atoms with Crippen LogP contribution in [0.5, 0.6) is 0 Å². The number of carbonyl (C=O) groups excluding carboxylic acids is 1. The Morgan fingerprint density at radius 3 is 3.05 bits per heavy atom. The number of aliphatic hydroxyl groups is 1. The SMILES string of the molecule is COC1CCN(C(=O)c2cc(F)ccc2C#CCCO)C1. The third-order valence-electron chi connectivity index (χ3n) is 3.44. The minimum atomic E-state index is -0.464. The van der Waals surface area contributed by atoms with Crippen LogP contribution in [0.4, 0.5) is 4.39 Å². The molecule has 1 aromatic carbocycles. The summed E-state index contributed by atoms with van der Waals surface area (Å²) in [6, 6.07) is 3.99. The van der Waals surface area contributed by atoms with Crippen molar-refractivity contribution < 1.29 is 19.0 Å². The summed E-state index contributed by atoms with van der Waals surface area (Å²) in [5.74, 6) is 4.88. The molecule has 112 valence electrons. The Hall–Kier alpha value is -1.90. The van der Waals surface area contributed by atoms with E-state index in [0.717, 1.165) is 6.42 Å². The third-order valence-corrected chi connectivity index (χ3v) is 3.44. The maximum Gasteiger partial charge on any atom is 0.255 e. The minimum absolute atomic E-state index is 0.0337. The second-order valence-corrected chi connectivity index (χ2v) is 4.86. The van der Waals surface area contributed by atoms with Gasteiger partial charge in [0, 0.05) is 32.2 Å². The van der Waals surface area contributed by atoms with Gasteiger partial charge in [0.25, 0.3) is 5.91 Å². The summed E-state index contributed by atoms with van der Waals surface area (Å²) in [4.78, 5) is 14.2. The van der Waals surface area contributed by atoms with Gasteiger partial charge in [-0.05, 0) is 24.6 Å². The highest BCUT2D eigenvalue weighted by atomic mass is 19.1. The lowest BCUT2D eigenvalue weighted by Gasteiger charge is -2.17. The van der Waals surface area contributed by atoms with E-state index in [1.54, 1.807) is 12.0 Å². The first-order chi connectivity index (χ1) is 10.2. The Labute approximate surface area is 123 Å². The molecule has 21 heavy (non-hydrogen) atoms. The topological polar surface area (TPSA) is 49.8 Å². The van der Waals surface area contributed by atoms with E-state index in [2.05, 4.69) is 11.8 Å². The number of rotatable bonds is 3.